The second-order valence-electron chi connectivity index (χ2n) is 5.26. The van der Waals surface area contributed by atoms with Crippen molar-refractivity contribution in [2.75, 3.05) is 25.6 Å². The first-order chi connectivity index (χ1) is 10.3. The molecule has 0 radical (unpaired) electrons. The van der Waals surface area contributed by atoms with Crippen LogP contribution in [0.1, 0.15) is 26.2 Å². The molecule has 0 fully saturated rings. The fraction of sp³-hybridized carbons (Fsp3) is 0.471. The minimum atomic E-state index is 0.239. The Bertz CT molecular complexity index is 566. The number of benzene rings is 1. The number of aliphatic hydroxyl groups excluding tert-OH is 1. The summed E-state index contributed by atoms with van der Waals surface area (Å²) in [5.41, 5.74) is 0. The zero-order chi connectivity index (χ0) is 15.1. The van der Waals surface area contributed by atoms with Crippen molar-refractivity contribution in [3.8, 4) is 5.75 Å². The molecule has 1 atom stereocenters. The van der Waals surface area contributed by atoms with E-state index in [0.717, 1.165) is 48.1 Å². The first kappa shape index (κ1) is 15.6. The van der Waals surface area contributed by atoms with E-state index >= 15 is 0 Å². The minimum Gasteiger partial charge on any atom is -0.496 e. The number of pyridine rings is 1. The van der Waals surface area contributed by atoms with Gasteiger partial charge in [-0.1, -0.05) is 25.5 Å². The molecule has 4 heteroatoms. The van der Waals surface area contributed by atoms with Gasteiger partial charge in [-0.25, -0.2) is 4.98 Å². The molecule has 0 spiro atoms. The normalized spacial score (nSPS) is 12.3. The predicted octanol–water partition coefficient (Wildman–Crippen LogP) is 3.45. The molecular formula is C17H24N2O2. The van der Waals surface area contributed by atoms with Crippen molar-refractivity contribution in [1.82, 2.24) is 4.98 Å². The second-order valence-corrected chi connectivity index (χ2v) is 5.26. The van der Waals surface area contributed by atoms with Crippen LogP contribution in [0.15, 0.2) is 30.5 Å². The molecule has 1 unspecified atom stereocenters. The molecule has 1 aromatic heterocycles. The quantitative estimate of drug-likeness (QED) is 0.781. The van der Waals surface area contributed by atoms with Crippen LogP contribution in [0.3, 0.4) is 0 Å². The maximum atomic E-state index is 9.14. The van der Waals surface area contributed by atoms with Crippen LogP contribution in [0.25, 0.3) is 10.8 Å². The number of hydrogen-bond donors (Lipinski definition) is 2. The Labute approximate surface area is 126 Å². The molecular weight excluding hydrogens is 264 g/mol. The van der Waals surface area contributed by atoms with E-state index in [-0.39, 0.29) is 6.61 Å². The smallest absolute Gasteiger partial charge is 0.133 e. The summed E-state index contributed by atoms with van der Waals surface area (Å²) in [7, 11) is 1.68. The highest BCUT2D eigenvalue weighted by Crippen LogP contribution is 2.29. The molecule has 1 aromatic carbocycles. The van der Waals surface area contributed by atoms with Gasteiger partial charge in [0.25, 0.3) is 0 Å². The largest absolute Gasteiger partial charge is 0.496 e. The summed E-state index contributed by atoms with van der Waals surface area (Å²) in [5, 5.41) is 14.7. The third-order valence-electron chi connectivity index (χ3n) is 3.78. The number of aliphatic hydroxyl groups is 1. The molecule has 21 heavy (non-hydrogen) atoms. The van der Waals surface area contributed by atoms with E-state index in [1.165, 1.54) is 0 Å². The predicted molar refractivity (Wildman–Crippen MR) is 86.9 cm³/mol. The molecule has 1 heterocycles. The zero-order valence-electron chi connectivity index (χ0n) is 12.8. The molecule has 114 valence electrons. The molecule has 2 rings (SSSR count). The highest BCUT2D eigenvalue weighted by Gasteiger charge is 2.10. The van der Waals surface area contributed by atoms with Crippen molar-refractivity contribution < 1.29 is 9.84 Å². The summed E-state index contributed by atoms with van der Waals surface area (Å²) in [6.45, 7) is 3.24. The van der Waals surface area contributed by atoms with Gasteiger partial charge in [-0.3, -0.25) is 0 Å². The third kappa shape index (κ3) is 3.85. The highest BCUT2D eigenvalue weighted by atomic mass is 16.5. The Kier molecular flexibility index (Phi) is 5.81. The lowest BCUT2D eigenvalue weighted by molar-refractivity contribution is 0.255. The van der Waals surface area contributed by atoms with Gasteiger partial charge in [0.2, 0.25) is 0 Å². The van der Waals surface area contributed by atoms with Crippen LogP contribution in [0.5, 0.6) is 5.75 Å². The highest BCUT2D eigenvalue weighted by molar-refractivity contribution is 5.95. The van der Waals surface area contributed by atoms with Crippen LogP contribution in [0.4, 0.5) is 5.82 Å². The molecule has 0 amide bonds. The lowest BCUT2D eigenvalue weighted by Gasteiger charge is -2.17. The summed E-state index contributed by atoms with van der Waals surface area (Å²) in [4.78, 5) is 4.45. The molecule has 0 saturated heterocycles. The van der Waals surface area contributed by atoms with Gasteiger partial charge >= 0.3 is 0 Å². The number of aromatic nitrogens is 1. The summed E-state index contributed by atoms with van der Waals surface area (Å²) < 4.78 is 5.40. The van der Waals surface area contributed by atoms with Gasteiger partial charge < -0.3 is 15.2 Å². The summed E-state index contributed by atoms with van der Waals surface area (Å²) in [6, 6.07) is 7.95. The number of anilines is 1. The van der Waals surface area contributed by atoms with E-state index in [9.17, 15) is 0 Å². The number of hydrogen-bond acceptors (Lipinski definition) is 4. The molecule has 0 saturated carbocycles. The Morgan fingerprint density at radius 3 is 2.81 bits per heavy atom. The van der Waals surface area contributed by atoms with Gasteiger partial charge in [0, 0.05) is 30.1 Å². The number of rotatable bonds is 8. The number of ether oxygens (including phenoxy) is 1. The van der Waals surface area contributed by atoms with Crippen LogP contribution in [0, 0.1) is 5.92 Å². The van der Waals surface area contributed by atoms with Crippen LogP contribution < -0.4 is 10.1 Å². The van der Waals surface area contributed by atoms with E-state index in [1.54, 1.807) is 13.3 Å². The Balaban J connectivity index is 2.18. The topological polar surface area (TPSA) is 54.4 Å². The number of methoxy groups -OCH3 is 1. The Morgan fingerprint density at radius 2 is 2.10 bits per heavy atom. The molecule has 4 nitrogen and oxygen atoms in total. The Morgan fingerprint density at radius 1 is 1.24 bits per heavy atom. The lowest BCUT2D eigenvalue weighted by Crippen LogP contribution is -2.16. The van der Waals surface area contributed by atoms with E-state index < -0.39 is 0 Å². The molecule has 0 aliphatic carbocycles. The average Bonchev–Trinajstić information content (AvgIpc) is 2.52. The van der Waals surface area contributed by atoms with Crippen molar-refractivity contribution in [3.63, 3.8) is 0 Å². The zero-order valence-corrected chi connectivity index (χ0v) is 12.8. The van der Waals surface area contributed by atoms with Crippen molar-refractivity contribution in [3.05, 3.63) is 30.5 Å². The maximum absolute atomic E-state index is 9.14. The van der Waals surface area contributed by atoms with E-state index in [1.807, 2.05) is 24.3 Å². The summed E-state index contributed by atoms with van der Waals surface area (Å²) >= 11 is 0. The van der Waals surface area contributed by atoms with E-state index in [0.29, 0.717) is 5.92 Å². The molecule has 2 N–H and O–H groups in total. The Hall–Kier alpha value is -1.81. The second kappa shape index (κ2) is 7.84. The van der Waals surface area contributed by atoms with E-state index in [2.05, 4.69) is 17.2 Å². The number of nitrogens with one attached hydrogen (secondary N) is 1. The summed E-state index contributed by atoms with van der Waals surface area (Å²) in [6.07, 6.45) is 4.87. The van der Waals surface area contributed by atoms with Gasteiger partial charge in [-0.15, -0.1) is 0 Å². The number of nitrogens with zero attached hydrogens (tertiary/aromatic N) is 1. The molecule has 0 aliphatic rings. The summed E-state index contributed by atoms with van der Waals surface area (Å²) in [5.74, 6) is 2.21. The van der Waals surface area contributed by atoms with Gasteiger partial charge in [0.1, 0.15) is 11.6 Å². The van der Waals surface area contributed by atoms with Crippen LogP contribution in [-0.4, -0.2) is 30.4 Å². The van der Waals surface area contributed by atoms with Gasteiger partial charge in [-0.05, 0) is 30.9 Å². The van der Waals surface area contributed by atoms with Gasteiger partial charge in [-0.2, -0.15) is 0 Å². The standard InChI is InChI=1S/C17H24N2O2/c1-3-5-13(9-11-20)12-19-17-15-6-4-7-16(21-2)14(15)8-10-18-17/h4,6-8,10,13,20H,3,5,9,11-12H2,1-2H3,(H,18,19). The minimum absolute atomic E-state index is 0.239. The van der Waals surface area contributed by atoms with Crippen LogP contribution in [0.2, 0.25) is 0 Å². The fourth-order valence-corrected chi connectivity index (χ4v) is 2.68. The molecule has 0 bridgehead atoms. The third-order valence-corrected chi connectivity index (χ3v) is 3.78. The number of fused-ring (bicyclic) bond motifs is 1. The average molecular weight is 288 g/mol. The monoisotopic (exact) mass is 288 g/mol. The van der Waals surface area contributed by atoms with Crippen molar-refractivity contribution in [2.24, 2.45) is 5.92 Å². The maximum Gasteiger partial charge on any atom is 0.133 e. The van der Waals surface area contributed by atoms with Gasteiger partial charge in [0.05, 0.1) is 7.11 Å². The van der Waals surface area contributed by atoms with Crippen molar-refractivity contribution in [2.45, 2.75) is 26.2 Å². The van der Waals surface area contributed by atoms with E-state index in [4.69, 9.17) is 9.84 Å². The first-order valence-electron chi connectivity index (χ1n) is 7.56. The SMILES string of the molecule is CCCC(CCO)CNc1nccc2c(OC)cccc12. The van der Waals surface area contributed by atoms with Crippen LogP contribution >= 0.6 is 0 Å². The van der Waals surface area contributed by atoms with Crippen molar-refractivity contribution in [1.29, 1.82) is 0 Å². The van der Waals surface area contributed by atoms with Crippen LogP contribution in [-0.2, 0) is 0 Å². The lowest BCUT2D eigenvalue weighted by atomic mass is 10.00. The fourth-order valence-electron chi connectivity index (χ4n) is 2.68. The first-order valence-corrected chi connectivity index (χ1v) is 7.56. The van der Waals surface area contributed by atoms with Crippen molar-refractivity contribution >= 4 is 16.6 Å². The molecule has 2 aromatic rings. The molecule has 0 aliphatic heterocycles. The van der Waals surface area contributed by atoms with Gasteiger partial charge in [0.15, 0.2) is 0 Å².